The molecule has 102 valence electrons. The van der Waals surface area contributed by atoms with E-state index in [0.29, 0.717) is 6.54 Å². The Hall–Kier alpha value is -1.84. The van der Waals surface area contributed by atoms with E-state index in [9.17, 15) is 4.79 Å². The molecule has 0 fully saturated rings. The van der Waals surface area contributed by atoms with Crippen LogP contribution in [0.1, 0.15) is 10.5 Å². The lowest BCUT2D eigenvalue weighted by molar-refractivity contribution is 0.0985. The SMILES string of the molecule is C=CCN(C(=O)c1nc(Cl)ccc1Cl)c1ccccc1. The van der Waals surface area contributed by atoms with Crippen molar-refractivity contribution in [2.24, 2.45) is 0 Å². The van der Waals surface area contributed by atoms with E-state index >= 15 is 0 Å². The van der Waals surface area contributed by atoms with Crippen LogP contribution in [0.4, 0.5) is 5.69 Å². The highest BCUT2D eigenvalue weighted by atomic mass is 35.5. The summed E-state index contributed by atoms with van der Waals surface area (Å²) in [5, 5.41) is 0.494. The Morgan fingerprint density at radius 2 is 1.90 bits per heavy atom. The maximum Gasteiger partial charge on any atom is 0.278 e. The molecule has 0 unspecified atom stereocenters. The molecule has 1 heterocycles. The lowest BCUT2D eigenvalue weighted by Crippen LogP contribution is -2.32. The molecule has 0 aliphatic rings. The summed E-state index contributed by atoms with van der Waals surface area (Å²) in [5.41, 5.74) is 0.875. The van der Waals surface area contributed by atoms with Gasteiger partial charge in [-0.3, -0.25) is 4.79 Å². The predicted octanol–water partition coefficient (Wildman–Crippen LogP) is 4.22. The number of pyridine rings is 1. The lowest BCUT2D eigenvalue weighted by Gasteiger charge is -2.21. The number of hydrogen-bond acceptors (Lipinski definition) is 2. The number of amides is 1. The van der Waals surface area contributed by atoms with Crippen LogP contribution in [0, 0.1) is 0 Å². The molecule has 5 heteroatoms. The van der Waals surface area contributed by atoms with Gasteiger partial charge in [0.2, 0.25) is 0 Å². The Balaban J connectivity index is 2.41. The molecule has 0 saturated carbocycles. The van der Waals surface area contributed by atoms with Crippen molar-refractivity contribution in [3.05, 3.63) is 71.0 Å². The van der Waals surface area contributed by atoms with Gasteiger partial charge in [-0.15, -0.1) is 6.58 Å². The van der Waals surface area contributed by atoms with Crippen LogP contribution < -0.4 is 4.90 Å². The third-order valence-electron chi connectivity index (χ3n) is 2.64. The number of hydrogen-bond donors (Lipinski definition) is 0. The zero-order valence-electron chi connectivity index (χ0n) is 10.6. The van der Waals surface area contributed by atoms with Crippen molar-refractivity contribution >= 4 is 34.8 Å². The number of aromatic nitrogens is 1. The van der Waals surface area contributed by atoms with Gasteiger partial charge in [-0.2, -0.15) is 0 Å². The highest BCUT2D eigenvalue weighted by Gasteiger charge is 2.20. The van der Waals surface area contributed by atoms with Gasteiger partial charge >= 0.3 is 0 Å². The number of carbonyl (C=O) groups excluding carboxylic acids is 1. The summed E-state index contributed by atoms with van der Waals surface area (Å²) < 4.78 is 0. The summed E-state index contributed by atoms with van der Waals surface area (Å²) in [6.07, 6.45) is 1.64. The second kappa shape index (κ2) is 6.55. The van der Waals surface area contributed by atoms with Crippen LogP contribution in [0.3, 0.4) is 0 Å². The monoisotopic (exact) mass is 306 g/mol. The van der Waals surface area contributed by atoms with Gasteiger partial charge in [0.25, 0.3) is 5.91 Å². The van der Waals surface area contributed by atoms with E-state index in [1.54, 1.807) is 18.2 Å². The van der Waals surface area contributed by atoms with E-state index in [0.717, 1.165) is 5.69 Å². The van der Waals surface area contributed by atoms with Gasteiger partial charge in [-0.05, 0) is 24.3 Å². The van der Waals surface area contributed by atoms with Crippen molar-refractivity contribution in [3.8, 4) is 0 Å². The van der Waals surface area contributed by atoms with Crippen molar-refractivity contribution in [1.29, 1.82) is 0 Å². The standard InChI is InChI=1S/C15H12Cl2N2O/c1-2-10-19(11-6-4-3-5-7-11)15(20)14-12(16)8-9-13(17)18-14/h2-9H,1,10H2. The molecule has 0 spiro atoms. The first-order chi connectivity index (χ1) is 9.63. The average molecular weight is 307 g/mol. The Bertz CT molecular complexity index is 629. The normalized spacial score (nSPS) is 10.1. The number of rotatable bonds is 4. The van der Waals surface area contributed by atoms with Crippen LogP contribution in [-0.2, 0) is 0 Å². The lowest BCUT2D eigenvalue weighted by atomic mass is 10.2. The Morgan fingerprint density at radius 1 is 1.20 bits per heavy atom. The molecule has 0 atom stereocenters. The summed E-state index contributed by atoms with van der Waals surface area (Å²) >= 11 is 11.9. The molecule has 20 heavy (non-hydrogen) atoms. The van der Waals surface area contributed by atoms with Crippen molar-refractivity contribution in [2.45, 2.75) is 0 Å². The Kier molecular flexibility index (Phi) is 4.77. The number of nitrogens with zero attached hydrogens (tertiary/aromatic N) is 2. The van der Waals surface area contributed by atoms with Crippen molar-refractivity contribution in [2.75, 3.05) is 11.4 Å². The predicted molar refractivity (Wildman–Crippen MR) is 82.6 cm³/mol. The zero-order chi connectivity index (χ0) is 14.5. The van der Waals surface area contributed by atoms with Crippen LogP contribution in [0.5, 0.6) is 0 Å². The number of para-hydroxylation sites is 1. The van der Waals surface area contributed by atoms with Gasteiger partial charge in [0.15, 0.2) is 0 Å². The van der Waals surface area contributed by atoms with Gasteiger partial charge in [0.1, 0.15) is 10.8 Å². The molecular formula is C15H12Cl2N2O. The van der Waals surface area contributed by atoms with Gasteiger partial charge in [-0.25, -0.2) is 4.98 Å². The third kappa shape index (κ3) is 3.18. The van der Waals surface area contributed by atoms with E-state index in [1.165, 1.54) is 4.90 Å². The van der Waals surface area contributed by atoms with Crippen LogP contribution in [0.25, 0.3) is 0 Å². The third-order valence-corrected chi connectivity index (χ3v) is 3.15. The molecular weight excluding hydrogens is 295 g/mol. The topological polar surface area (TPSA) is 33.2 Å². The molecule has 2 aromatic rings. The van der Waals surface area contributed by atoms with E-state index in [-0.39, 0.29) is 21.8 Å². The highest BCUT2D eigenvalue weighted by Crippen LogP contribution is 2.22. The van der Waals surface area contributed by atoms with Crippen molar-refractivity contribution in [1.82, 2.24) is 4.98 Å². The number of carbonyl (C=O) groups is 1. The van der Waals surface area contributed by atoms with E-state index in [1.807, 2.05) is 30.3 Å². The fraction of sp³-hybridized carbons (Fsp3) is 0.0667. The number of benzene rings is 1. The largest absolute Gasteiger partial charge is 0.303 e. The van der Waals surface area contributed by atoms with Crippen LogP contribution in [0.2, 0.25) is 10.2 Å². The first-order valence-electron chi connectivity index (χ1n) is 5.93. The maximum atomic E-state index is 12.6. The smallest absolute Gasteiger partial charge is 0.278 e. The molecule has 2 rings (SSSR count). The van der Waals surface area contributed by atoms with E-state index < -0.39 is 0 Å². The van der Waals surface area contributed by atoms with Gasteiger partial charge in [-0.1, -0.05) is 47.5 Å². The number of halogens is 2. The van der Waals surface area contributed by atoms with Crippen LogP contribution in [0.15, 0.2) is 55.1 Å². The van der Waals surface area contributed by atoms with E-state index in [2.05, 4.69) is 11.6 Å². The van der Waals surface area contributed by atoms with Crippen LogP contribution in [-0.4, -0.2) is 17.4 Å². The second-order valence-electron chi connectivity index (χ2n) is 4.00. The minimum absolute atomic E-state index is 0.130. The Morgan fingerprint density at radius 3 is 2.55 bits per heavy atom. The molecule has 0 aliphatic carbocycles. The quantitative estimate of drug-likeness (QED) is 0.626. The second-order valence-corrected chi connectivity index (χ2v) is 4.80. The molecule has 1 aromatic heterocycles. The summed E-state index contributed by atoms with van der Waals surface area (Å²) in [4.78, 5) is 18.1. The fourth-order valence-electron chi connectivity index (χ4n) is 1.74. The summed E-state index contributed by atoms with van der Waals surface area (Å²) in [6.45, 7) is 4.02. The molecule has 1 aromatic carbocycles. The summed E-state index contributed by atoms with van der Waals surface area (Å²) in [5.74, 6) is -0.316. The fourth-order valence-corrected chi connectivity index (χ4v) is 2.07. The molecule has 3 nitrogen and oxygen atoms in total. The summed E-state index contributed by atoms with van der Waals surface area (Å²) in [7, 11) is 0. The van der Waals surface area contributed by atoms with Crippen molar-refractivity contribution in [3.63, 3.8) is 0 Å². The van der Waals surface area contributed by atoms with Crippen molar-refractivity contribution < 1.29 is 4.79 Å². The van der Waals surface area contributed by atoms with Gasteiger partial charge in [0.05, 0.1) is 5.02 Å². The maximum absolute atomic E-state index is 12.6. The highest BCUT2D eigenvalue weighted by molar-refractivity contribution is 6.35. The number of anilines is 1. The summed E-state index contributed by atoms with van der Waals surface area (Å²) in [6, 6.07) is 12.4. The molecule has 0 bridgehead atoms. The zero-order valence-corrected chi connectivity index (χ0v) is 12.1. The molecule has 0 radical (unpaired) electrons. The first kappa shape index (κ1) is 14.6. The molecule has 0 aliphatic heterocycles. The van der Waals surface area contributed by atoms with Gasteiger partial charge < -0.3 is 4.90 Å². The molecule has 1 amide bonds. The van der Waals surface area contributed by atoms with Gasteiger partial charge in [0, 0.05) is 12.2 Å². The molecule has 0 N–H and O–H groups in total. The minimum atomic E-state index is -0.316. The van der Waals surface area contributed by atoms with E-state index in [4.69, 9.17) is 23.2 Å². The average Bonchev–Trinajstić information content (AvgIpc) is 2.47. The minimum Gasteiger partial charge on any atom is -0.303 e. The first-order valence-corrected chi connectivity index (χ1v) is 6.69. The Labute approximate surface area is 127 Å². The van der Waals surface area contributed by atoms with Crippen LogP contribution >= 0.6 is 23.2 Å². The molecule has 0 saturated heterocycles.